The van der Waals surface area contributed by atoms with Gasteiger partial charge in [0.1, 0.15) is 0 Å². The molecule has 0 amide bonds. The second-order valence-corrected chi connectivity index (χ2v) is 5.59. The van der Waals surface area contributed by atoms with Gasteiger partial charge in [0.25, 0.3) is 0 Å². The summed E-state index contributed by atoms with van der Waals surface area (Å²) in [6.07, 6.45) is 1.14. The number of halogens is 1. The molecular formula is C14H24BrN3. The molecule has 0 aliphatic rings. The third-order valence-electron chi connectivity index (χ3n) is 2.95. The first kappa shape index (κ1) is 15.5. The molecule has 1 rings (SSSR count). The zero-order chi connectivity index (χ0) is 13.5. The molecule has 18 heavy (non-hydrogen) atoms. The molecule has 0 atom stereocenters. The molecule has 102 valence electrons. The average molecular weight is 314 g/mol. The summed E-state index contributed by atoms with van der Waals surface area (Å²) in [5, 5.41) is 0. The van der Waals surface area contributed by atoms with Gasteiger partial charge < -0.3 is 15.5 Å². The predicted molar refractivity (Wildman–Crippen MR) is 83.1 cm³/mol. The minimum Gasteiger partial charge on any atom is -0.370 e. The summed E-state index contributed by atoms with van der Waals surface area (Å²) >= 11 is 3.59. The third-order valence-corrected chi connectivity index (χ3v) is 3.69. The van der Waals surface area contributed by atoms with Crippen molar-refractivity contribution >= 4 is 21.6 Å². The quantitative estimate of drug-likeness (QED) is 0.840. The number of anilines is 1. The van der Waals surface area contributed by atoms with E-state index in [4.69, 9.17) is 5.73 Å². The molecule has 0 fully saturated rings. The van der Waals surface area contributed by atoms with E-state index in [0.717, 1.165) is 30.5 Å². The summed E-state index contributed by atoms with van der Waals surface area (Å²) in [7, 11) is 4.21. The van der Waals surface area contributed by atoms with Crippen molar-refractivity contribution in [3.63, 3.8) is 0 Å². The summed E-state index contributed by atoms with van der Waals surface area (Å²) in [6, 6.07) is 6.30. The van der Waals surface area contributed by atoms with Crippen LogP contribution in [0.1, 0.15) is 18.9 Å². The Morgan fingerprint density at radius 1 is 1.17 bits per heavy atom. The van der Waals surface area contributed by atoms with Crippen LogP contribution in [0.4, 0.5) is 5.69 Å². The highest BCUT2D eigenvalue weighted by Crippen LogP contribution is 2.27. The lowest BCUT2D eigenvalue weighted by atomic mass is 10.1. The van der Waals surface area contributed by atoms with Crippen molar-refractivity contribution in [2.24, 2.45) is 5.73 Å². The maximum atomic E-state index is 5.87. The van der Waals surface area contributed by atoms with Gasteiger partial charge in [0, 0.05) is 41.9 Å². The zero-order valence-corrected chi connectivity index (χ0v) is 13.2. The van der Waals surface area contributed by atoms with Crippen LogP contribution in [0.2, 0.25) is 0 Å². The Morgan fingerprint density at radius 2 is 1.89 bits per heavy atom. The lowest BCUT2D eigenvalue weighted by Crippen LogP contribution is -2.33. The fourth-order valence-corrected chi connectivity index (χ4v) is 2.51. The molecule has 0 aromatic heterocycles. The average Bonchev–Trinajstić information content (AvgIpc) is 2.34. The number of hydrogen-bond acceptors (Lipinski definition) is 3. The molecule has 0 bridgehead atoms. The van der Waals surface area contributed by atoms with Gasteiger partial charge in [-0.3, -0.25) is 0 Å². The Bertz CT molecular complexity index is 366. The van der Waals surface area contributed by atoms with Crippen molar-refractivity contribution in [1.82, 2.24) is 4.90 Å². The van der Waals surface area contributed by atoms with Gasteiger partial charge in [0.05, 0.1) is 0 Å². The van der Waals surface area contributed by atoms with E-state index in [0.29, 0.717) is 6.54 Å². The van der Waals surface area contributed by atoms with Crippen molar-refractivity contribution in [2.75, 3.05) is 38.6 Å². The number of nitrogens with zero attached hydrogens (tertiary/aromatic N) is 2. The molecule has 0 aliphatic heterocycles. The van der Waals surface area contributed by atoms with Crippen LogP contribution in [0.15, 0.2) is 22.7 Å². The van der Waals surface area contributed by atoms with E-state index < -0.39 is 0 Å². The number of rotatable bonds is 7. The van der Waals surface area contributed by atoms with Crippen LogP contribution in [-0.2, 0) is 6.54 Å². The van der Waals surface area contributed by atoms with Gasteiger partial charge in [-0.05, 0) is 32.6 Å². The summed E-state index contributed by atoms with van der Waals surface area (Å²) in [4.78, 5) is 4.63. The molecule has 0 heterocycles. The topological polar surface area (TPSA) is 32.5 Å². The number of hydrogen-bond donors (Lipinski definition) is 1. The molecule has 0 unspecified atom stereocenters. The molecule has 1 aromatic carbocycles. The molecule has 3 nitrogen and oxygen atoms in total. The largest absolute Gasteiger partial charge is 0.370 e. The molecule has 4 heteroatoms. The van der Waals surface area contributed by atoms with Crippen molar-refractivity contribution in [2.45, 2.75) is 19.9 Å². The Hall–Kier alpha value is -0.580. The number of nitrogens with two attached hydrogens (primary N) is 1. The Balaban J connectivity index is 2.93. The standard InChI is InChI=1S/C14H24BrN3/c1-4-8-18(10-9-17(2)3)14-7-5-6-13(15)12(14)11-16/h5-7H,4,8-11,16H2,1-3H3. The second-order valence-electron chi connectivity index (χ2n) is 4.73. The van der Waals surface area contributed by atoms with Gasteiger partial charge in [-0.25, -0.2) is 0 Å². The maximum Gasteiger partial charge on any atom is 0.0423 e. The van der Waals surface area contributed by atoms with E-state index in [9.17, 15) is 0 Å². The minimum absolute atomic E-state index is 0.568. The van der Waals surface area contributed by atoms with Gasteiger partial charge in [0.15, 0.2) is 0 Å². The number of benzene rings is 1. The summed E-state index contributed by atoms with van der Waals surface area (Å²) in [5.41, 5.74) is 8.33. The van der Waals surface area contributed by atoms with Crippen LogP contribution in [0.3, 0.4) is 0 Å². The van der Waals surface area contributed by atoms with Crippen LogP contribution in [0.25, 0.3) is 0 Å². The van der Waals surface area contributed by atoms with Crippen molar-refractivity contribution < 1.29 is 0 Å². The minimum atomic E-state index is 0.568. The normalized spacial score (nSPS) is 11.0. The molecule has 1 aromatic rings. The van der Waals surface area contributed by atoms with Gasteiger partial charge in [-0.2, -0.15) is 0 Å². The van der Waals surface area contributed by atoms with E-state index in [2.05, 4.69) is 64.9 Å². The summed E-state index contributed by atoms with van der Waals surface area (Å²) in [6.45, 7) is 5.93. The second kappa shape index (κ2) is 7.77. The van der Waals surface area contributed by atoms with E-state index in [1.807, 2.05) is 0 Å². The molecule has 2 N–H and O–H groups in total. The molecule has 0 aliphatic carbocycles. The fourth-order valence-electron chi connectivity index (χ4n) is 1.99. The van der Waals surface area contributed by atoms with Gasteiger partial charge in [0.2, 0.25) is 0 Å². The highest BCUT2D eigenvalue weighted by atomic mass is 79.9. The summed E-state index contributed by atoms with van der Waals surface area (Å²) in [5.74, 6) is 0. The lowest BCUT2D eigenvalue weighted by molar-refractivity contribution is 0.413. The van der Waals surface area contributed by atoms with Crippen LogP contribution >= 0.6 is 15.9 Å². The Kier molecular flexibility index (Phi) is 6.68. The molecule has 0 radical (unpaired) electrons. The Labute approximate surface area is 119 Å². The predicted octanol–water partition coefficient (Wildman–Crippen LogP) is 2.69. The van der Waals surface area contributed by atoms with Gasteiger partial charge >= 0.3 is 0 Å². The Morgan fingerprint density at radius 3 is 2.44 bits per heavy atom. The van der Waals surface area contributed by atoms with Crippen molar-refractivity contribution in [3.05, 3.63) is 28.2 Å². The lowest BCUT2D eigenvalue weighted by Gasteiger charge is -2.28. The van der Waals surface area contributed by atoms with E-state index >= 15 is 0 Å². The van der Waals surface area contributed by atoms with E-state index in [1.54, 1.807) is 0 Å². The highest BCUT2D eigenvalue weighted by molar-refractivity contribution is 9.10. The first-order valence-electron chi connectivity index (χ1n) is 6.47. The number of likely N-dealkylation sites (N-methyl/N-ethyl adjacent to an activating group) is 1. The third kappa shape index (κ3) is 4.26. The zero-order valence-electron chi connectivity index (χ0n) is 11.6. The van der Waals surface area contributed by atoms with Crippen LogP contribution in [0, 0.1) is 0 Å². The highest BCUT2D eigenvalue weighted by Gasteiger charge is 2.12. The van der Waals surface area contributed by atoms with Crippen LogP contribution in [-0.4, -0.2) is 38.6 Å². The SMILES string of the molecule is CCCN(CCN(C)C)c1cccc(Br)c1CN. The fraction of sp³-hybridized carbons (Fsp3) is 0.571. The monoisotopic (exact) mass is 313 g/mol. The van der Waals surface area contributed by atoms with Crippen LogP contribution < -0.4 is 10.6 Å². The molecule has 0 spiro atoms. The van der Waals surface area contributed by atoms with Crippen molar-refractivity contribution in [1.29, 1.82) is 0 Å². The molecular weight excluding hydrogens is 290 g/mol. The smallest absolute Gasteiger partial charge is 0.0423 e. The van der Waals surface area contributed by atoms with E-state index in [-0.39, 0.29) is 0 Å². The van der Waals surface area contributed by atoms with Gasteiger partial charge in [-0.15, -0.1) is 0 Å². The van der Waals surface area contributed by atoms with E-state index in [1.165, 1.54) is 11.3 Å². The molecule has 0 saturated carbocycles. The first-order valence-corrected chi connectivity index (χ1v) is 7.26. The maximum absolute atomic E-state index is 5.87. The summed E-state index contributed by atoms with van der Waals surface area (Å²) < 4.78 is 1.11. The first-order chi connectivity index (χ1) is 8.60. The van der Waals surface area contributed by atoms with Crippen LogP contribution in [0.5, 0.6) is 0 Å². The molecule has 0 saturated heterocycles. The van der Waals surface area contributed by atoms with Crippen molar-refractivity contribution in [3.8, 4) is 0 Å². The van der Waals surface area contributed by atoms with Gasteiger partial charge in [-0.1, -0.05) is 28.9 Å².